The van der Waals surface area contributed by atoms with Crippen molar-refractivity contribution in [2.24, 2.45) is 0 Å². The Balaban J connectivity index is 0.000000159. The minimum Gasteiger partial charge on any atom is -0.444 e. The van der Waals surface area contributed by atoms with E-state index in [9.17, 15) is 19.8 Å². The van der Waals surface area contributed by atoms with Crippen molar-refractivity contribution in [3.8, 4) is 22.5 Å². The molecule has 6 N–H and O–H groups in total. The smallest absolute Gasteiger partial charge is 0.410 e. The number of morpholine rings is 2. The first-order valence-electron chi connectivity index (χ1n) is 24.7. The highest BCUT2D eigenvalue weighted by atomic mass is 16.6. The van der Waals surface area contributed by atoms with Gasteiger partial charge in [-0.2, -0.15) is 0 Å². The van der Waals surface area contributed by atoms with Crippen LogP contribution in [0.25, 0.3) is 33.5 Å². The topological polar surface area (TPSA) is 230 Å². The number of nitrogens with two attached hydrogens (primary N) is 2. The van der Waals surface area contributed by atoms with Crippen LogP contribution in [0.4, 0.5) is 21.2 Å². The summed E-state index contributed by atoms with van der Waals surface area (Å²) in [5, 5.41) is 22.7. The number of aromatic nitrogens is 6. The summed E-state index contributed by atoms with van der Waals surface area (Å²) in [6.07, 6.45) is 4.87. The highest BCUT2D eigenvalue weighted by Crippen LogP contribution is 2.39. The summed E-state index contributed by atoms with van der Waals surface area (Å²) in [4.78, 5) is 46.6. The Morgan fingerprint density at radius 3 is 1.35 bits per heavy atom. The van der Waals surface area contributed by atoms with Gasteiger partial charge in [-0.3, -0.25) is 18.6 Å². The molecule has 74 heavy (non-hydrogen) atoms. The highest BCUT2D eigenvalue weighted by Gasteiger charge is 2.46. The molecule has 2 amide bonds. The summed E-state index contributed by atoms with van der Waals surface area (Å²) in [6, 6.07) is 30.8. The average molecular weight is 999 g/mol. The maximum absolute atomic E-state index is 12.3. The van der Waals surface area contributed by atoms with Crippen LogP contribution in [0.1, 0.15) is 84.9 Å². The van der Waals surface area contributed by atoms with Crippen LogP contribution in [-0.4, -0.2) is 112 Å². The number of cyclic esters (lactones) is 2. The molecule has 4 fully saturated rings. The number of fused-ring (bicyclic) bond motifs is 4. The lowest BCUT2D eigenvalue weighted by Crippen LogP contribution is -2.47. The second-order valence-electron chi connectivity index (χ2n) is 20.0. The number of aliphatic hydroxyl groups is 2. The van der Waals surface area contributed by atoms with Gasteiger partial charge in [-0.1, -0.05) is 108 Å². The van der Waals surface area contributed by atoms with Crippen LogP contribution in [-0.2, 0) is 30.1 Å². The van der Waals surface area contributed by atoms with E-state index in [1.165, 1.54) is 0 Å². The Hall–Kier alpha value is -7.90. The van der Waals surface area contributed by atoms with E-state index in [1.807, 2.05) is 134 Å². The van der Waals surface area contributed by atoms with Gasteiger partial charge in [-0.15, -0.1) is 0 Å². The molecule has 0 saturated carbocycles. The number of carbonyl (C=O) groups excluding carboxylic acids is 2. The molecule has 8 atom stereocenters. The molecule has 8 heterocycles. The van der Waals surface area contributed by atoms with E-state index >= 15 is 0 Å². The molecule has 8 aromatic rings. The highest BCUT2D eigenvalue weighted by molar-refractivity contribution is 5.86. The molecule has 4 aliphatic rings. The molecule has 380 valence electrons. The van der Waals surface area contributed by atoms with Crippen molar-refractivity contribution in [1.82, 2.24) is 38.5 Å². The number of nitrogen functional groups attached to an aromatic ring is 2. The number of rotatable bonds is 8. The van der Waals surface area contributed by atoms with Gasteiger partial charge in [0, 0.05) is 35.9 Å². The lowest BCUT2D eigenvalue weighted by molar-refractivity contribution is -0.0470. The van der Waals surface area contributed by atoms with E-state index in [1.54, 1.807) is 48.4 Å². The predicted octanol–water partition coefficient (Wildman–Crippen LogP) is 7.65. The quantitative estimate of drug-likeness (QED) is 0.115. The zero-order valence-electron chi connectivity index (χ0n) is 41.9. The van der Waals surface area contributed by atoms with E-state index in [2.05, 4.69) is 9.97 Å². The lowest BCUT2D eigenvalue weighted by Gasteiger charge is -2.33. The predicted molar refractivity (Wildman–Crippen MR) is 276 cm³/mol. The number of anilines is 2. The lowest BCUT2D eigenvalue weighted by atomic mass is 9.87. The zero-order valence-corrected chi connectivity index (χ0v) is 41.9. The van der Waals surface area contributed by atoms with Gasteiger partial charge in [-0.05, 0) is 63.8 Å². The van der Waals surface area contributed by atoms with Crippen LogP contribution >= 0.6 is 0 Å². The summed E-state index contributed by atoms with van der Waals surface area (Å²) in [6.45, 7) is 12.8. The van der Waals surface area contributed by atoms with E-state index in [4.69, 9.17) is 40.4 Å². The summed E-state index contributed by atoms with van der Waals surface area (Å²) >= 11 is 0. The standard InChI is InChI=1S/2C28H29N5O4/c2*1-16-5-4-6-20(13-16)28(3,35)19-9-7-18(8-10-19)23-24-25(29)30-11-12-32(24)26(31-23)22-14-33-21(15-36-22)17(2)37-27(33)34/h2*4-13,17,21-22,35H,14-15H2,1-3H3,(H2,29,30)/t17-,21+,22-,28-;17-,21-,22+,28+/m10/s1. The van der Waals surface area contributed by atoms with Crippen molar-refractivity contribution in [2.75, 3.05) is 37.8 Å². The summed E-state index contributed by atoms with van der Waals surface area (Å²) in [7, 11) is 0. The van der Waals surface area contributed by atoms with Crippen molar-refractivity contribution in [3.05, 3.63) is 167 Å². The van der Waals surface area contributed by atoms with Crippen LogP contribution < -0.4 is 11.5 Å². The maximum atomic E-state index is 12.3. The molecule has 12 rings (SSSR count). The number of imidazole rings is 2. The van der Waals surface area contributed by atoms with E-state index in [-0.39, 0.29) is 36.5 Å². The largest absolute Gasteiger partial charge is 0.444 e. The van der Waals surface area contributed by atoms with Crippen LogP contribution in [0.15, 0.2) is 122 Å². The maximum Gasteiger partial charge on any atom is 0.410 e. The Kier molecular flexibility index (Phi) is 12.1. The first-order chi connectivity index (χ1) is 35.5. The zero-order chi connectivity index (χ0) is 51.8. The molecule has 0 radical (unpaired) electrons. The van der Waals surface area contributed by atoms with Crippen LogP contribution in [0.3, 0.4) is 0 Å². The number of nitrogens with zero attached hydrogens (tertiary/aromatic N) is 8. The van der Waals surface area contributed by atoms with Crippen LogP contribution in [0, 0.1) is 13.8 Å². The van der Waals surface area contributed by atoms with Crippen LogP contribution in [0.5, 0.6) is 0 Å². The fraction of sp³-hybridized carbons (Fsp3) is 0.321. The van der Waals surface area contributed by atoms with Crippen molar-refractivity contribution < 1.29 is 38.7 Å². The van der Waals surface area contributed by atoms with Gasteiger partial charge in [0.25, 0.3) is 0 Å². The van der Waals surface area contributed by atoms with Gasteiger partial charge in [0.2, 0.25) is 0 Å². The molecule has 4 saturated heterocycles. The van der Waals surface area contributed by atoms with Gasteiger partial charge in [0.1, 0.15) is 81.3 Å². The van der Waals surface area contributed by atoms with Gasteiger partial charge < -0.3 is 40.6 Å². The minimum atomic E-state index is -1.15. The van der Waals surface area contributed by atoms with Crippen molar-refractivity contribution in [3.63, 3.8) is 0 Å². The SMILES string of the molecule is Cc1cccc([C@](C)(O)c2ccc(-c3nc([C@H]4CN5C(=O)O[C@@H](C)[C@@H]5CO4)n4ccnc(N)c34)cc2)c1.Cc1cccc([C@](C)(O)c2ccc(-c3nc([C@H]4CN5C(=O)O[C@H](C)[C@@H]5CO4)n4ccnc(N)c34)cc2)c1. The molecule has 0 unspecified atom stereocenters. The molecule has 4 aromatic carbocycles. The van der Waals surface area contributed by atoms with E-state index < -0.39 is 23.4 Å². The summed E-state index contributed by atoms with van der Waals surface area (Å²) in [5.41, 5.74) is 20.0. The number of benzene rings is 4. The van der Waals surface area contributed by atoms with Gasteiger partial charge >= 0.3 is 12.2 Å². The molecule has 0 bridgehead atoms. The number of amides is 2. The van der Waals surface area contributed by atoms with Crippen molar-refractivity contribution >= 4 is 34.9 Å². The molecule has 0 spiro atoms. The number of ether oxygens (including phenoxy) is 4. The number of hydrogen-bond acceptors (Lipinski definition) is 14. The second kappa shape index (κ2) is 18.5. The Morgan fingerprint density at radius 2 is 0.973 bits per heavy atom. The molecular weight excluding hydrogens is 941 g/mol. The number of aryl methyl sites for hydroxylation is 2. The first kappa shape index (κ1) is 48.4. The Bertz CT molecular complexity index is 3220. The molecule has 18 heteroatoms. The monoisotopic (exact) mass is 998 g/mol. The fourth-order valence-electron chi connectivity index (χ4n) is 10.6. The fourth-order valence-corrected chi connectivity index (χ4v) is 10.6. The molecule has 4 aromatic heterocycles. The first-order valence-corrected chi connectivity index (χ1v) is 24.7. The van der Waals surface area contributed by atoms with Gasteiger partial charge in [0.15, 0.2) is 0 Å². The Morgan fingerprint density at radius 1 is 0.581 bits per heavy atom. The second-order valence-corrected chi connectivity index (χ2v) is 20.0. The van der Waals surface area contributed by atoms with E-state index in [0.29, 0.717) is 72.0 Å². The Labute approximate surface area is 427 Å². The molecule has 4 aliphatic heterocycles. The molecular formula is C56H58N10O8. The molecule has 0 aliphatic carbocycles. The van der Waals surface area contributed by atoms with Crippen LogP contribution in [0.2, 0.25) is 0 Å². The normalized spacial score (nSPS) is 23.1. The average Bonchev–Trinajstić information content (AvgIpc) is 4.14. The summed E-state index contributed by atoms with van der Waals surface area (Å²) < 4.78 is 26.8. The van der Waals surface area contributed by atoms with Gasteiger partial charge in [0.05, 0.1) is 38.4 Å². The summed E-state index contributed by atoms with van der Waals surface area (Å²) in [5.74, 6) is 1.96. The third kappa shape index (κ3) is 8.42. The van der Waals surface area contributed by atoms with Crippen molar-refractivity contribution in [2.45, 2.75) is 89.2 Å². The van der Waals surface area contributed by atoms with Gasteiger partial charge in [-0.25, -0.2) is 29.5 Å². The third-order valence-corrected chi connectivity index (χ3v) is 15.0. The minimum absolute atomic E-state index is 0.102. The van der Waals surface area contributed by atoms with Crippen molar-refractivity contribution in [1.29, 1.82) is 0 Å². The third-order valence-electron chi connectivity index (χ3n) is 15.0. The number of carbonyl (C=O) groups is 2. The number of hydrogen-bond donors (Lipinski definition) is 4. The molecule has 18 nitrogen and oxygen atoms in total. The van der Waals surface area contributed by atoms with E-state index in [0.717, 1.165) is 44.5 Å².